The number of likely N-dealkylation sites (tertiary alicyclic amines) is 2. The van der Waals surface area contributed by atoms with Gasteiger partial charge in [0.2, 0.25) is 11.8 Å². The van der Waals surface area contributed by atoms with Gasteiger partial charge in [-0.05, 0) is 37.9 Å². The third kappa shape index (κ3) is 3.82. The first-order valence-electron chi connectivity index (χ1n) is 9.71. The highest BCUT2D eigenvalue weighted by atomic mass is 16.2. The van der Waals surface area contributed by atoms with Crippen LogP contribution in [-0.4, -0.2) is 58.8 Å². The number of benzene rings is 1. The summed E-state index contributed by atoms with van der Waals surface area (Å²) in [5, 5.41) is 13.1. The van der Waals surface area contributed by atoms with Gasteiger partial charge in [-0.2, -0.15) is 5.26 Å². The Bertz CT molecular complexity index is 938. The van der Waals surface area contributed by atoms with E-state index in [9.17, 15) is 9.59 Å². The Hall–Kier alpha value is -2.98. The minimum atomic E-state index is -0.297. The first-order valence-corrected chi connectivity index (χ1v) is 9.71. The van der Waals surface area contributed by atoms with Gasteiger partial charge in [-0.1, -0.05) is 18.2 Å². The maximum Gasteiger partial charge on any atom is 0.237 e. The van der Waals surface area contributed by atoms with Crippen molar-refractivity contribution in [3.63, 3.8) is 0 Å². The summed E-state index contributed by atoms with van der Waals surface area (Å²) in [7, 11) is 0. The Morgan fingerprint density at radius 2 is 2.11 bits per heavy atom. The zero-order chi connectivity index (χ0) is 19.5. The summed E-state index contributed by atoms with van der Waals surface area (Å²) >= 11 is 0. The fraction of sp³-hybridized carbons (Fsp3) is 0.429. The summed E-state index contributed by atoms with van der Waals surface area (Å²) in [5.41, 5.74) is 1.58. The Morgan fingerprint density at radius 3 is 2.96 bits per heavy atom. The lowest BCUT2D eigenvalue weighted by molar-refractivity contribution is -0.132. The summed E-state index contributed by atoms with van der Waals surface area (Å²) in [6, 6.07) is 11.6. The molecule has 1 aromatic carbocycles. The molecule has 3 heterocycles. The molecule has 1 aromatic heterocycles. The quantitative estimate of drug-likeness (QED) is 0.880. The van der Waals surface area contributed by atoms with E-state index in [1.165, 1.54) is 0 Å². The lowest BCUT2D eigenvalue weighted by Crippen LogP contribution is -2.42. The maximum atomic E-state index is 12.6. The molecule has 2 atom stereocenters. The van der Waals surface area contributed by atoms with Gasteiger partial charge in [-0.25, -0.2) is 0 Å². The van der Waals surface area contributed by atoms with Gasteiger partial charge in [-0.15, -0.1) is 0 Å². The van der Waals surface area contributed by atoms with Crippen molar-refractivity contribution in [1.29, 1.82) is 5.26 Å². The largest absolute Gasteiger partial charge is 0.326 e. The molecule has 1 N–H and O–H groups in total. The van der Waals surface area contributed by atoms with Gasteiger partial charge in [0.05, 0.1) is 35.9 Å². The number of para-hydroxylation sites is 1. The number of nitrogens with one attached hydrogen (secondary N) is 1. The Morgan fingerprint density at radius 1 is 1.25 bits per heavy atom. The number of carbonyl (C=O) groups is 2. The Kier molecular flexibility index (Phi) is 5.22. The molecule has 0 spiro atoms. The molecule has 0 unspecified atom stereocenters. The molecule has 2 fully saturated rings. The molecule has 7 nitrogen and oxygen atoms in total. The molecule has 2 aliphatic heterocycles. The first-order chi connectivity index (χ1) is 13.6. The predicted octanol–water partition coefficient (Wildman–Crippen LogP) is 2.01. The average Bonchev–Trinajstić information content (AvgIpc) is 3.37. The maximum absolute atomic E-state index is 12.6. The number of fused-ring (bicyclic) bond motifs is 1. The lowest BCUT2D eigenvalue weighted by Gasteiger charge is -2.23. The molecule has 7 heteroatoms. The average molecular weight is 377 g/mol. The van der Waals surface area contributed by atoms with Crippen molar-refractivity contribution in [3.8, 4) is 6.07 Å². The van der Waals surface area contributed by atoms with Crippen molar-refractivity contribution in [1.82, 2.24) is 14.8 Å². The molecule has 0 bridgehead atoms. The van der Waals surface area contributed by atoms with E-state index in [0.29, 0.717) is 25.3 Å². The summed E-state index contributed by atoms with van der Waals surface area (Å²) in [5.74, 6) is -0.198. The van der Waals surface area contributed by atoms with E-state index in [0.717, 1.165) is 30.2 Å². The molecule has 144 valence electrons. The van der Waals surface area contributed by atoms with Crippen molar-refractivity contribution in [2.75, 3.05) is 31.5 Å². The number of pyridine rings is 1. The van der Waals surface area contributed by atoms with E-state index in [1.54, 1.807) is 11.1 Å². The molecule has 2 amide bonds. The molecule has 2 aromatic rings. The zero-order valence-electron chi connectivity index (χ0n) is 15.7. The molecule has 4 rings (SSSR count). The number of amides is 2. The fourth-order valence-electron chi connectivity index (χ4n) is 4.06. The van der Waals surface area contributed by atoms with Crippen molar-refractivity contribution < 1.29 is 9.59 Å². The second-order valence-electron chi connectivity index (χ2n) is 7.50. The number of rotatable bonds is 4. The van der Waals surface area contributed by atoms with Crippen molar-refractivity contribution >= 4 is 28.4 Å². The summed E-state index contributed by atoms with van der Waals surface area (Å²) in [6.07, 6.45) is 4.04. The van der Waals surface area contributed by atoms with Crippen molar-refractivity contribution in [3.05, 3.63) is 36.5 Å². The van der Waals surface area contributed by atoms with Crippen LogP contribution >= 0.6 is 0 Å². The standard InChI is InChI=1S/C21H23N5O2/c22-11-18-5-3-8-26(18)20(27)14-25-9-7-16(13-25)21(28)24-17-10-15-4-1-2-6-19(15)23-12-17/h1-2,4,6,10,12,16,18H,3,5,7-9,13-14H2,(H,24,28)/t16-,18+/m1/s1. The van der Waals surface area contributed by atoms with E-state index in [-0.39, 0.29) is 30.3 Å². The Balaban J connectivity index is 1.32. The molecule has 0 radical (unpaired) electrons. The second-order valence-corrected chi connectivity index (χ2v) is 7.50. The fourth-order valence-corrected chi connectivity index (χ4v) is 4.06. The molecular weight excluding hydrogens is 354 g/mol. The van der Waals surface area contributed by atoms with E-state index >= 15 is 0 Å². The minimum Gasteiger partial charge on any atom is -0.326 e. The summed E-state index contributed by atoms with van der Waals surface area (Å²) in [6.45, 7) is 2.21. The zero-order valence-corrected chi connectivity index (χ0v) is 15.7. The highest BCUT2D eigenvalue weighted by molar-refractivity contribution is 5.94. The number of nitriles is 1. The van der Waals surface area contributed by atoms with Crippen LogP contribution < -0.4 is 5.32 Å². The molecule has 0 saturated carbocycles. The second kappa shape index (κ2) is 7.95. The molecule has 28 heavy (non-hydrogen) atoms. The lowest BCUT2D eigenvalue weighted by atomic mass is 10.1. The molecular formula is C21H23N5O2. The van der Waals surface area contributed by atoms with Gasteiger partial charge < -0.3 is 10.2 Å². The number of hydrogen-bond donors (Lipinski definition) is 1. The number of hydrogen-bond acceptors (Lipinski definition) is 5. The van der Waals surface area contributed by atoms with Gasteiger partial charge in [0.15, 0.2) is 0 Å². The van der Waals surface area contributed by atoms with Crippen LogP contribution in [0, 0.1) is 17.2 Å². The summed E-state index contributed by atoms with van der Waals surface area (Å²) < 4.78 is 0. The van der Waals surface area contributed by atoms with Crippen molar-refractivity contribution in [2.45, 2.75) is 25.3 Å². The highest BCUT2D eigenvalue weighted by Gasteiger charge is 2.33. The summed E-state index contributed by atoms with van der Waals surface area (Å²) in [4.78, 5) is 33.2. The Labute approximate surface area is 163 Å². The monoisotopic (exact) mass is 377 g/mol. The van der Waals surface area contributed by atoms with Crippen LogP contribution in [0.15, 0.2) is 36.5 Å². The molecule has 2 saturated heterocycles. The minimum absolute atomic E-state index is 0.0103. The highest BCUT2D eigenvalue weighted by Crippen LogP contribution is 2.22. The van der Waals surface area contributed by atoms with E-state index in [2.05, 4.69) is 16.4 Å². The van der Waals surface area contributed by atoms with Crippen LogP contribution in [0.5, 0.6) is 0 Å². The molecule has 2 aliphatic rings. The van der Waals surface area contributed by atoms with Crippen LogP contribution in [0.3, 0.4) is 0 Å². The van der Waals surface area contributed by atoms with Crippen LogP contribution in [0.2, 0.25) is 0 Å². The molecule has 0 aliphatic carbocycles. The van der Waals surface area contributed by atoms with E-state index in [4.69, 9.17) is 5.26 Å². The van der Waals surface area contributed by atoms with Crippen LogP contribution in [0.25, 0.3) is 10.9 Å². The van der Waals surface area contributed by atoms with Crippen molar-refractivity contribution in [2.24, 2.45) is 5.92 Å². The van der Waals surface area contributed by atoms with E-state index in [1.807, 2.05) is 35.2 Å². The van der Waals surface area contributed by atoms with Gasteiger partial charge in [0.25, 0.3) is 0 Å². The normalized spacial score (nSPS) is 22.3. The van der Waals surface area contributed by atoms with Crippen LogP contribution in [-0.2, 0) is 9.59 Å². The first kappa shape index (κ1) is 18.4. The van der Waals surface area contributed by atoms with Gasteiger partial charge in [0, 0.05) is 18.5 Å². The van der Waals surface area contributed by atoms with Crippen LogP contribution in [0.4, 0.5) is 5.69 Å². The number of aromatic nitrogens is 1. The predicted molar refractivity (Wildman–Crippen MR) is 105 cm³/mol. The topological polar surface area (TPSA) is 89.3 Å². The third-order valence-electron chi connectivity index (χ3n) is 5.58. The smallest absolute Gasteiger partial charge is 0.237 e. The third-order valence-corrected chi connectivity index (χ3v) is 5.58. The van der Waals surface area contributed by atoms with Crippen LogP contribution in [0.1, 0.15) is 19.3 Å². The number of nitrogens with zero attached hydrogens (tertiary/aromatic N) is 4. The number of anilines is 1. The van der Waals surface area contributed by atoms with Gasteiger partial charge >= 0.3 is 0 Å². The number of carbonyl (C=O) groups excluding carboxylic acids is 2. The van der Waals surface area contributed by atoms with Gasteiger partial charge in [0.1, 0.15) is 6.04 Å². The van der Waals surface area contributed by atoms with E-state index < -0.39 is 0 Å². The SMILES string of the molecule is N#C[C@@H]1CCCN1C(=O)CN1CC[C@@H](C(=O)Nc2cnc3ccccc3c2)C1. The van der Waals surface area contributed by atoms with Gasteiger partial charge in [-0.3, -0.25) is 19.5 Å².